The maximum Gasteiger partial charge on any atom is 0.408 e. The van der Waals surface area contributed by atoms with Crippen LogP contribution in [-0.4, -0.2) is 94.8 Å². The molecule has 6 atom stereocenters. The molecule has 332 valence electrons. The second-order valence-corrected chi connectivity index (χ2v) is 22.4. The van der Waals surface area contributed by atoms with E-state index in [1.807, 2.05) is 30.5 Å². The van der Waals surface area contributed by atoms with Crippen molar-refractivity contribution >= 4 is 56.1 Å². The molecule has 1 aliphatic heterocycles. The molecule has 0 radical (unpaired) electrons. The number of carbonyl (C=O) groups is 4. The van der Waals surface area contributed by atoms with Gasteiger partial charge in [-0.2, -0.15) is 0 Å². The van der Waals surface area contributed by atoms with Gasteiger partial charge in [0, 0.05) is 34.2 Å². The summed E-state index contributed by atoms with van der Waals surface area (Å²) in [7, 11) is -2.45. The van der Waals surface area contributed by atoms with Crippen molar-refractivity contribution in [2.24, 2.45) is 17.3 Å². The highest BCUT2D eigenvalue weighted by Gasteiger charge is 2.63. The fraction of sp³-hybridized carbons (Fsp3) is 0.591. The van der Waals surface area contributed by atoms with Crippen molar-refractivity contribution in [3.63, 3.8) is 0 Å². The fourth-order valence-electron chi connectivity index (χ4n) is 7.70. The average molecular weight is 881 g/mol. The highest BCUT2D eigenvalue weighted by atomic mass is 32.2. The van der Waals surface area contributed by atoms with Crippen LogP contribution in [-0.2, 0) is 29.1 Å². The Morgan fingerprint density at radius 2 is 1.74 bits per heavy atom. The fourth-order valence-corrected chi connectivity index (χ4v) is 9.95. The largest absolute Gasteiger partial charge is 0.496 e. The van der Waals surface area contributed by atoms with Crippen molar-refractivity contribution in [2.45, 2.75) is 135 Å². The Bertz CT molecular complexity index is 2360. The van der Waals surface area contributed by atoms with Gasteiger partial charge in [-0.25, -0.2) is 23.2 Å². The van der Waals surface area contributed by atoms with Crippen molar-refractivity contribution in [3.05, 3.63) is 47.5 Å². The van der Waals surface area contributed by atoms with Gasteiger partial charge < -0.3 is 29.7 Å². The molecule has 3 aromatic rings. The molecule has 3 heterocycles. The van der Waals surface area contributed by atoms with E-state index in [0.717, 1.165) is 11.3 Å². The summed E-state index contributed by atoms with van der Waals surface area (Å²) in [6.07, 6.45) is 0.847. The summed E-state index contributed by atoms with van der Waals surface area (Å²) >= 11 is 1.46. The average Bonchev–Trinajstić information content (AvgIpc) is 3.98. The molecule has 3 fully saturated rings. The Kier molecular flexibility index (Phi) is 12.1. The summed E-state index contributed by atoms with van der Waals surface area (Å²) in [5.74, 6) is -2.10. The smallest absolute Gasteiger partial charge is 0.408 e. The van der Waals surface area contributed by atoms with Gasteiger partial charge in [-0.15, -0.1) is 17.9 Å². The highest BCUT2D eigenvalue weighted by Crippen LogP contribution is 2.48. The number of nitrogens with zero attached hydrogens (tertiary/aromatic N) is 3. The number of amides is 4. The van der Waals surface area contributed by atoms with Gasteiger partial charge in [0.25, 0.3) is 5.91 Å². The zero-order valence-electron chi connectivity index (χ0n) is 37.2. The minimum atomic E-state index is -4.04. The van der Waals surface area contributed by atoms with Gasteiger partial charge in [-0.1, -0.05) is 47.6 Å². The van der Waals surface area contributed by atoms with Crippen LogP contribution < -0.4 is 24.8 Å². The summed E-state index contributed by atoms with van der Waals surface area (Å²) in [6.45, 7) is 23.6. The van der Waals surface area contributed by atoms with Crippen LogP contribution in [0.2, 0.25) is 0 Å². The van der Waals surface area contributed by atoms with Crippen LogP contribution in [0, 0.1) is 24.2 Å². The molecule has 2 aromatic heterocycles. The first-order valence-electron chi connectivity index (χ1n) is 20.7. The van der Waals surface area contributed by atoms with Gasteiger partial charge >= 0.3 is 6.09 Å². The SMILES string of the molecule is C=CC1CC1(NC(=O)C1C(C)C(Oc2cc(-c3nc(C(C)C)cs3)nc3c(C)c(OC)ccc23)CN1C(=O)C(NC(=O)OC(C)(C)C)C(C)(C)C)C(=O)NS(=O)(=O)C1(C)CC1. The number of nitrogens with one attached hydrogen (secondary N) is 3. The van der Waals surface area contributed by atoms with Crippen LogP contribution in [0.1, 0.15) is 106 Å². The quantitative estimate of drug-likeness (QED) is 0.161. The molecule has 15 nitrogen and oxygen atoms in total. The standard InChI is InChI=1S/C44H60N6O9S2/c1-14-26-20-44(26,39(53)49-61(55,56)43(12)17-18-43)48-36(51)34-25(5)32(21-50(34)38(52)35(41(6,7)8)47-40(54)59-42(9,10)11)58-31-19-28(37-46-29(22-60-37)23(2)3)45-33-24(4)30(57-13)16-15-27(31)33/h14-16,19,22-23,25-26,32,34-35H,1,17-18,20-21H2,2-13H3,(H,47,54)(H,48,51)(H,49,53). The van der Waals surface area contributed by atoms with Gasteiger partial charge in [0.05, 0.1) is 29.6 Å². The number of likely N-dealkylation sites (tertiary alicyclic amines) is 1. The zero-order chi connectivity index (χ0) is 45.2. The number of rotatable bonds is 13. The van der Waals surface area contributed by atoms with E-state index in [1.165, 1.54) is 22.3 Å². The summed E-state index contributed by atoms with van der Waals surface area (Å²) in [4.78, 5) is 68.0. The number of hydrogen-bond donors (Lipinski definition) is 3. The third-order valence-corrected chi connectivity index (χ3v) is 15.0. The number of thiazole rings is 1. The summed E-state index contributed by atoms with van der Waals surface area (Å²) in [5.41, 5.74) is -0.415. The van der Waals surface area contributed by atoms with Crippen molar-refractivity contribution in [2.75, 3.05) is 13.7 Å². The number of aromatic nitrogens is 2. The second-order valence-electron chi connectivity index (χ2n) is 19.3. The Morgan fingerprint density at radius 1 is 1.07 bits per heavy atom. The monoisotopic (exact) mass is 880 g/mol. The molecule has 2 saturated carbocycles. The van der Waals surface area contributed by atoms with Gasteiger partial charge in [-0.05, 0) is 77.3 Å². The number of sulfonamides is 1. The molecule has 1 aromatic carbocycles. The van der Waals surface area contributed by atoms with E-state index in [1.54, 1.807) is 62.5 Å². The Hall–Kier alpha value is -4.77. The maximum atomic E-state index is 14.9. The summed E-state index contributed by atoms with van der Waals surface area (Å²) in [5, 5.41) is 8.98. The summed E-state index contributed by atoms with van der Waals surface area (Å²) in [6, 6.07) is 3.11. The Balaban J connectivity index is 1.40. The normalized spacial score (nSPS) is 23.9. The molecular formula is C44H60N6O9S2. The molecule has 6 unspecified atom stereocenters. The lowest BCUT2D eigenvalue weighted by Crippen LogP contribution is -2.61. The lowest BCUT2D eigenvalue weighted by Gasteiger charge is -2.36. The van der Waals surface area contributed by atoms with Crippen LogP contribution in [0.25, 0.3) is 21.6 Å². The third kappa shape index (κ3) is 9.09. The van der Waals surface area contributed by atoms with Crippen molar-refractivity contribution in [1.82, 2.24) is 30.2 Å². The third-order valence-electron chi connectivity index (χ3n) is 12.0. The number of alkyl carbamates (subject to hydrolysis) is 1. The van der Waals surface area contributed by atoms with E-state index in [0.29, 0.717) is 45.9 Å². The number of ether oxygens (including phenoxy) is 3. The van der Waals surface area contributed by atoms with E-state index in [-0.39, 0.29) is 18.9 Å². The first-order chi connectivity index (χ1) is 28.3. The molecule has 6 rings (SSSR count). The summed E-state index contributed by atoms with van der Waals surface area (Å²) < 4.78 is 45.6. The predicted molar refractivity (Wildman–Crippen MR) is 234 cm³/mol. The number of carbonyl (C=O) groups excluding carboxylic acids is 4. The minimum Gasteiger partial charge on any atom is -0.496 e. The van der Waals surface area contributed by atoms with E-state index in [9.17, 15) is 27.6 Å². The van der Waals surface area contributed by atoms with Crippen molar-refractivity contribution in [1.29, 1.82) is 0 Å². The Labute approximate surface area is 362 Å². The number of benzene rings is 1. The molecular weight excluding hydrogens is 821 g/mol. The molecule has 1 saturated heterocycles. The minimum absolute atomic E-state index is 0.0828. The topological polar surface area (TPSA) is 195 Å². The zero-order valence-corrected chi connectivity index (χ0v) is 38.9. The molecule has 3 aliphatic rings. The number of fused-ring (bicyclic) bond motifs is 1. The molecule has 0 bridgehead atoms. The molecule has 4 amide bonds. The van der Waals surface area contributed by atoms with Gasteiger partial charge in [0.2, 0.25) is 21.8 Å². The highest BCUT2D eigenvalue weighted by molar-refractivity contribution is 7.91. The molecule has 61 heavy (non-hydrogen) atoms. The van der Waals surface area contributed by atoms with Crippen LogP contribution in [0.4, 0.5) is 4.79 Å². The number of aryl methyl sites for hydroxylation is 1. The van der Waals surface area contributed by atoms with Crippen LogP contribution >= 0.6 is 11.3 Å². The number of methoxy groups -OCH3 is 1. The number of pyridine rings is 1. The van der Waals surface area contributed by atoms with Gasteiger partial charge in [0.15, 0.2) is 0 Å². The van der Waals surface area contributed by atoms with Crippen LogP contribution in [0.15, 0.2) is 36.2 Å². The van der Waals surface area contributed by atoms with E-state index >= 15 is 0 Å². The van der Waals surface area contributed by atoms with Crippen LogP contribution in [0.3, 0.4) is 0 Å². The first kappa shape index (κ1) is 45.7. The van der Waals surface area contributed by atoms with E-state index in [2.05, 4.69) is 35.8 Å². The van der Waals surface area contributed by atoms with Crippen molar-refractivity contribution < 1.29 is 41.8 Å². The van der Waals surface area contributed by atoms with E-state index in [4.69, 9.17) is 24.2 Å². The molecule has 2 aliphatic carbocycles. The first-order valence-corrected chi connectivity index (χ1v) is 23.0. The molecule has 3 N–H and O–H groups in total. The van der Waals surface area contributed by atoms with Gasteiger partial charge in [-0.3, -0.25) is 19.1 Å². The molecule has 0 spiro atoms. The number of hydrogen-bond acceptors (Lipinski definition) is 12. The van der Waals surface area contributed by atoms with Crippen LogP contribution in [0.5, 0.6) is 11.5 Å². The predicted octanol–water partition coefficient (Wildman–Crippen LogP) is 6.39. The lowest BCUT2D eigenvalue weighted by molar-refractivity contribution is -0.143. The Morgan fingerprint density at radius 3 is 2.28 bits per heavy atom. The molecule has 17 heteroatoms. The van der Waals surface area contributed by atoms with E-state index < -0.39 is 85.2 Å². The van der Waals surface area contributed by atoms with Crippen molar-refractivity contribution in [3.8, 4) is 22.2 Å². The lowest BCUT2D eigenvalue weighted by atomic mass is 9.85. The van der Waals surface area contributed by atoms with Gasteiger partial charge in [0.1, 0.15) is 51.5 Å². The maximum absolute atomic E-state index is 14.9. The second kappa shape index (κ2) is 16.2.